The van der Waals surface area contributed by atoms with Gasteiger partial charge in [-0.25, -0.2) is 4.79 Å². The monoisotopic (exact) mass is 150 g/mol. The molecule has 0 aliphatic carbocycles. The summed E-state index contributed by atoms with van der Waals surface area (Å²) in [5.41, 5.74) is 0. The van der Waals surface area contributed by atoms with Crippen molar-refractivity contribution < 1.29 is 14.3 Å². The second-order valence-corrected chi connectivity index (χ2v) is 1.93. The van der Waals surface area contributed by atoms with E-state index < -0.39 is 17.1 Å². The molecule has 0 saturated heterocycles. The fraction of sp³-hybridized carbons (Fsp3) is 0.600. The van der Waals surface area contributed by atoms with Gasteiger partial charge in [0, 0.05) is 0 Å². The fourth-order valence-electron chi connectivity index (χ4n) is 0.269. The van der Waals surface area contributed by atoms with Crippen molar-refractivity contribution in [1.29, 1.82) is 0 Å². The predicted octanol–water partition coefficient (Wildman–Crippen LogP) is 0.356. The SMILES string of the molecule is COC(=O)[C@H](Cl)C(C)=O. The third-order valence-electron chi connectivity index (χ3n) is 0.765. The van der Waals surface area contributed by atoms with Crippen LogP contribution in [-0.2, 0) is 14.3 Å². The van der Waals surface area contributed by atoms with E-state index in [0.29, 0.717) is 0 Å². The van der Waals surface area contributed by atoms with Crippen LogP contribution in [0.4, 0.5) is 0 Å². The number of esters is 1. The number of ether oxygens (including phenoxy) is 1. The minimum Gasteiger partial charge on any atom is -0.468 e. The van der Waals surface area contributed by atoms with E-state index in [1.54, 1.807) is 0 Å². The van der Waals surface area contributed by atoms with Gasteiger partial charge in [0.1, 0.15) is 0 Å². The molecule has 52 valence electrons. The highest BCUT2D eigenvalue weighted by Crippen LogP contribution is 1.98. The maximum absolute atomic E-state index is 10.4. The highest BCUT2D eigenvalue weighted by Gasteiger charge is 2.19. The number of hydrogen-bond donors (Lipinski definition) is 0. The van der Waals surface area contributed by atoms with E-state index in [1.807, 2.05) is 0 Å². The topological polar surface area (TPSA) is 43.4 Å². The third-order valence-corrected chi connectivity index (χ3v) is 1.25. The summed E-state index contributed by atoms with van der Waals surface area (Å²) in [4.78, 5) is 20.7. The molecule has 0 unspecified atom stereocenters. The van der Waals surface area contributed by atoms with Crippen LogP contribution in [0.15, 0.2) is 0 Å². The molecule has 0 saturated carbocycles. The summed E-state index contributed by atoms with van der Waals surface area (Å²) in [6.45, 7) is 1.23. The van der Waals surface area contributed by atoms with Gasteiger partial charge < -0.3 is 4.74 Å². The lowest BCUT2D eigenvalue weighted by Gasteiger charge is -2.00. The van der Waals surface area contributed by atoms with Crippen LogP contribution in [0.5, 0.6) is 0 Å². The van der Waals surface area contributed by atoms with Gasteiger partial charge in [-0.1, -0.05) is 0 Å². The summed E-state index contributed by atoms with van der Waals surface area (Å²) < 4.78 is 4.18. The summed E-state index contributed by atoms with van der Waals surface area (Å²) in [6, 6.07) is 0. The number of halogens is 1. The largest absolute Gasteiger partial charge is 0.468 e. The van der Waals surface area contributed by atoms with Crippen LogP contribution in [0.3, 0.4) is 0 Å². The zero-order valence-corrected chi connectivity index (χ0v) is 5.94. The normalized spacial score (nSPS) is 12.3. The van der Waals surface area contributed by atoms with Crippen LogP contribution < -0.4 is 0 Å². The van der Waals surface area contributed by atoms with Gasteiger partial charge in [0.05, 0.1) is 7.11 Å². The Labute approximate surface area is 57.9 Å². The van der Waals surface area contributed by atoms with E-state index in [-0.39, 0.29) is 0 Å². The van der Waals surface area contributed by atoms with Crippen LogP contribution in [0.1, 0.15) is 6.92 Å². The van der Waals surface area contributed by atoms with Gasteiger partial charge in [-0.2, -0.15) is 0 Å². The Morgan fingerprint density at radius 3 is 2.11 bits per heavy atom. The number of Topliss-reactive ketones (excluding diaryl/α,β-unsaturated/α-hetero) is 1. The summed E-state index contributed by atoms with van der Waals surface area (Å²) in [7, 11) is 1.18. The first-order chi connectivity index (χ1) is 4.09. The van der Waals surface area contributed by atoms with E-state index in [9.17, 15) is 9.59 Å². The molecule has 4 heteroatoms. The Morgan fingerprint density at radius 2 is 2.00 bits per heavy atom. The maximum atomic E-state index is 10.4. The van der Waals surface area contributed by atoms with Gasteiger partial charge in [-0.05, 0) is 6.92 Å². The van der Waals surface area contributed by atoms with Crippen molar-refractivity contribution in [2.24, 2.45) is 0 Å². The van der Waals surface area contributed by atoms with Gasteiger partial charge >= 0.3 is 5.97 Å². The van der Waals surface area contributed by atoms with Gasteiger partial charge in [0.15, 0.2) is 11.2 Å². The lowest BCUT2D eigenvalue weighted by atomic mass is 10.3. The smallest absolute Gasteiger partial charge is 0.331 e. The number of ketones is 1. The molecule has 0 N–H and O–H groups in total. The number of alkyl halides is 1. The lowest BCUT2D eigenvalue weighted by Crippen LogP contribution is -2.23. The van der Waals surface area contributed by atoms with E-state index in [0.717, 1.165) is 0 Å². The first-order valence-corrected chi connectivity index (χ1v) is 2.75. The molecule has 0 aliphatic rings. The van der Waals surface area contributed by atoms with Crippen LogP contribution in [0.2, 0.25) is 0 Å². The highest BCUT2D eigenvalue weighted by molar-refractivity contribution is 6.40. The molecule has 0 rings (SSSR count). The van der Waals surface area contributed by atoms with E-state index >= 15 is 0 Å². The molecule has 0 amide bonds. The van der Waals surface area contributed by atoms with Crippen LogP contribution >= 0.6 is 11.6 Å². The van der Waals surface area contributed by atoms with E-state index in [4.69, 9.17) is 11.6 Å². The summed E-state index contributed by atoms with van der Waals surface area (Å²) >= 11 is 5.24. The third kappa shape index (κ3) is 2.46. The molecule has 1 atom stereocenters. The standard InChI is InChI=1S/C5H7ClO3/c1-3(7)4(6)5(8)9-2/h4H,1-2H3/t4-/m1/s1. The van der Waals surface area contributed by atoms with Crippen molar-refractivity contribution in [2.75, 3.05) is 7.11 Å². The number of carbonyl (C=O) groups excluding carboxylic acids is 2. The zero-order valence-electron chi connectivity index (χ0n) is 5.18. The second kappa shape index (κ2) is 3.45. The lowest BCUT2D eigenvalue weighted by molar-refractivity contribution is -0.142. The minimum atomic E-state index is -1.14. The Morgan fingerprint density at radius 1 is 1.56 bits per heavy atom. The summed E-state index contributed by atoms with van der Waals surface area (Å²) in [5, 5.41) is -1.14. The Hall–Kier alpha value is -0.570. The molecule has 0 radical (unpaired) electrons. The van der Waals surface area contributed by atoms with Crippen molar-refractivity contribution in [2.45, 2.75) is 12.3 Å². The van der Waals surface area contributed by atoms with Crippen molar-refractivity contribution in [3.63, 3.8) is 0 Å². The number of rotatable bonds is 2. The van der Waals surface area contributed by atoms with Crippen LogP contribution in [0, 0.1) is 0 Å². The number of hydrogen-bond acceptors (Lipinski definition) is 3. The van der Waals surface area contributed by atoms with Crippen molar-refractivity contribution in [3.8, 4) is 0 Å². The quantitative estimate of drug-likeness (QED) is 0.324. The summed E-state index contributed by atoms with van der Waals surface area (Å²) in [5.74, 6) is -1.10. The number of carbonyl (C=O) groups is 2. The van der Waals surface area contributed by atoms with Gasteiger partial charge in [0.2, 0.25) is 0 Å². The summed E-state index contributed by atoms with van der Waals surface area (Å²) in [6.07, 6.45) is 0. The molecule has 0 fully saturated rings. The van der Waals surface area contributed by atoms with Crippen molar-refractivity contribution in [1.82, 2.24) is 0 Å². The minimum absolute atomic E-state index is 0.400. The van der Waals surface area contributed by atoms with Gasteiger partial charge in [-0.15, -0.1) is 11.6 Å². The molecule has 0 aromatic heterocycles. The van der Waals surface area contributed by atoms with Crippen LogP contribution in [0.25, 0.3) is 0 Å². The molecule has 3 nitrogen and oxygen atoms in total. The Bertz CT molecular complexity index is 132. The Balaban J connectivity index is 3.88. The van der Waals surface area contributed by atoms with Crippen molar-refractivity contribution in [3.05, 3.63) is 0 Å². The number of methoxy groups -OCH3 is 1. The fourth-order valence-corrected chi connectivity index (χ4v) is 0.359. The van der Waals surface area contributed by atoms with E-state index in [2.05, 4.69) is 4.74 Å². The molecule has 0 heterocycles. The van der Waals surface area contributed by atoms with E-state index in [1.165, 1.54) is 14.0 Å². The molecule has 0 aromatic carbocycles. The molecule has 0 spiro atoms. The molecule has 0 aliphatic heterocycles. The maximum Gasteiger partial charge on any atom is 0.331 e. The van der Waals surface area contributed by atoms with Gasteiger partial charge in [0.25, 0.3) is 0 Å². The first-order valence-electron chi connectivity index (χ1n) is 2.32. The van der Waals surface area contributed by atoms with Crippen molar-refractivity contribution >= 4 is 23.4 Å². The second-order valence-electron chi connectivity index (χ2n) is 1.50. The van der Waals surface area contributed by atoms with Gasteiger partial charge in [-0.3, -0.25) is 4.79 Å². The molecule has 9 heavy (non-hydrogen) atoms. The predicted molar refractivity (Wildman–Crippen MR) is 32.3 cm³/mol. The molecule has 0 bridgehead atoms. The molecule has 0 aromatic rings. The van der Waals surface area contributed by atoms with Crippen LogP contribution in [-0.4, -0.2) is 24.2 Å². The Kier molecular flexibility index (Phi) is 3.24. The highest BCUT2D eigenvalue weighted by atomic mass is 35.5. The molecular weight excluding hydrogens is 144 g/mol. The average molecular weight is 151 g/mol. The first kappa shape index (κ1) is 8.43. The average Bonchev–Trinajstić information content (AvgIpc) is 1.84. The molecular formula is C5H7ClO3. The zero-order chi connectivity index (χ0) is 7.44.